The molecule has 1 aromatic rings. The van der Waals surface area contributed by atoms with Crippen LogP contribution in [0.3, 0.4) is 0 Å². The molecule has 0 fully saturated rings. The van der Waals surface area contributed by atoms with Crippen LogP contribution >= 0.6 is 0 Å². The summed E-state index contributed by atoms with van der Waals surface area (Å²) in [5, 5.41) is 3.90. The number of nitrogens with two attached hydrogens (primary N) is 1. The predicted octanol–water partition coefficient (Wildman–Crippen LogP) is -0.339. The van der Waals surface area contributed by atoms with E-state index in [-0.39, 0.29) is 18.4 Å². The highest BCUT2D eigenvalue weighted by atomic mass is 16.2. The van der Waals surface area contributed by atoms with Crippen molar-refractivity contribution in [2.24, 2.45) is 0 Å². The molecule has 0 spiro atoms. The monoisotopic (exact) mass is 254 g/mol. The Bertz CT molecular complexity index is 375. The summed E-state index contributed by atoms with van der Waals surface area (Å²) >= 11 is 0. The standard InChI is InChI=1S/C11H22N6O/c1-4-16(7-5-6-15(2)3)10(18)8-17-9-13-11(12)14-17/h9H,4-8H2,1-3H3,(H2,12,14). The maximum absolute atomic E-state index is 12.0. The van der Waals surface area contributed by atoms with Crippen LogP contribution in [0.4, 0.5) is 5.95 Å². The lowest BCUT2D eigenvalue weighted by atomic mass is 10.3. The third-order valence-corrected chi connectivity index (χ3v) is 2.62. The van der Waals surface area contributed by atoms with Gasteiger partial charge in [0, 0.05) is 13.1 Å². The highest BCUT2D eigenvalue weighted by Gasteiger charge is 2.12. The Balaban J connectivity index is 2.41. The number of nitrogens with zero attached hydrogens (tertiary/aromatic N) is 5. The molecule has 1 aromatic heterocycles. The first-order chi connectivity index (χ1) is 8.52. The fraction of sp³-hybridized carbons (Fsp3) is 0.727. The fourth-order valence-electron chi connectivity index (χ4n) is 1.66. The van der Waals surface area contributed by atoms with E-state index in [1.807, 2.05) is 25.9 Å². The highest BCUT2D eigenvalue weighted by molar-refractivity contribution is 5.75. The van der Waals surface area contributed by atoms with Gasteiger partial charge in [-0.15, -0.1) is 5.10 Å². The van der Waals surface area contributed by atoms with Gasteiger partial charge in [0.2, 0.25) is 11.9 Å². The van der Waals surface area contributed by atoms with E-state index in [4.69, 9.17) is 5.73 Å². The third-order valence-electron chi connectivity index (χ3n) is 2.62. The Morgan fingerprint density at radius 1 is 1.44 bits per heavy atom. The van der Waals surface area contributed by atoms with E-state index in [0.29, 0.717) is 6.54 Å². The van der Waals surface area contributed by atoms with Crippen LogP contribution in [0.5, 0.6) is 0 Å². The minimum atomic E-state index is 0.0427. The highest BCUT2D eigenvalue weighted by Crippen LogP contribution is 1.97. The van der Waals surface area contributed by atoms with Crippen LogP contribution in [0, 0.1) is 0 Å². The summed E-state index contributed by atoms with van der Waals surface area (Å²) in [5.74, 6) is 0.236. The Labute approximate surface area is 108 Å². The zero-order valence-corrected chi connectivity index (χ0v) is 11.3. The molecular weight excluding hydrogens is 232 g/mol. The maximum Gasteiger partial charge on any atom is 0.244 e. The Kier molecular flexibility index (Phi) is 5.57. The van der Waals surface area contributed by atoms with Crippen LogP contribution < -0.4 is 5.73 Å². The molecule has 0 aliphatic heterocycles. The Morgan fingerprint density at radius 2 is 2.17 bits per heavy atom. The molecule has 1 heterocycles. The summed E-state index contributed by atoms with van der Waals surface area (Å²) in [6.07, 6.45) is 2.44. The van der Waals surface area contributed by atoms with Crippen molar-refractivity contribution in [2.75, 3.05) is 39.5 Å². The summed E-state index contributed by atoms with van der Waals surface area (Å²) in [4.78, 5) is 19.7. The lowest BCUT2D eigenvalue weighted by molar-refractivity contribution is -0.131. The third kappa shape index (κ3) is 4.70. The molecule has 0 unspecified atom stereocenters. The number of rotatable bonds is 7. The fourth-order valence-corrected chi connectivity index (χ4v) is 1.66. The number of likely N-dealkylation sites (N-methyl/N-ethyl adjacent to an activating group) is 1. The van der Waals surface area contributed by atoms with Crippen LogP contribution in [-0.2, 0) is 11.3 Å². The first-order valence-corrected chi connectivity index (χ1v) is 6.10. The van der Waals surface area contributed by atoms with E-state index >= 15 is 0 Å². The zero-order valence-electron chi connectivity index (χ0n) is 11.3. The lowest BCUT2D eigenvalue weighted by Crippen LogP contribution is -2.35. The molecule has 1 amide bonds. The van der Waals surface area contributed by atoms with Gasteiger partial charge in [0.15, 0.2) is 0 Å². The smallest absolute Gasteiger partial charge is 0.244 e. The molecule has 1 rings (SSSR count). The summed E-state index contributed by atoms with van der Waals surface area (Å²) < 4.78 is 1.46. The van der Waals surface area contributed by atoms with Gasteiger partial charge in [-0.05, 0) is 34.0 Å². The number of aromatic nitrogens is 3. The largest absolute Gasteiger partial charge is 0.367 e. The molecule has 0 radical (unpaired) electrons. The molecule has 0 aliphatic rings. The van der Waals surface area contributed by atoms with Gasteiger partial charge in [0.25, 0.3) is 0 Å². The Hall–Kier alpha value is -1.63. The van der Waals surface area contributed by atoms with E-state index < -0.39 is 0 Å². The van der Waals surface area contributed by atoms with Gasteiger partial charge in [-0.1, -0.05) is 0 Å². The van der Waals surface area contributed by atoms with Crippen molar-refractivity contribution in [1.82, 2.24) is 24.6 Å². The first kappa shape index (κ1) is 14.4. The van der Waals surface area contributed by atoms with E-state index in [2.05, 4.69) is 15.0 Å². The molecule has 0 aliphatic carbocycles. The van der Waals surface area contributed by atoms with Gasteiger partial charge in [-0.2, -0.15) is 0 Å². The number of hydrogen-bond donors (Lipinski definition) is 1. The van der Waals surface area contributed by atoms with E-state index in [1.54, 1.807) is 0 Å². The molecule has 7 heteroatoms. The molecular formula is C11H22N6O. The van der Waals surface area contributed by atoms with Crippen molar-refractivity contribution >= 4 is 11.9 Å². The van der Waals surface area contributed by atoms with Gasteiger partial charge in [0.05, 0.1) is 0 Å². The lowest BCUT2D eigenvalue weighted by Gasteiger charge is -2.21. The molecule has 0 bridgehead atoms. The van der Waals surface area contributed by atoms with Crippen LogP contribution in [0.25, 0.3) is 0 Å². The average molecular weight is 254 g/mol. The van der Waals surface area contributed by atoms with Gasteiger partial charge in [-0.3, -0.25) is 4.79 Å². The molecule has 0 aromatic carbocycles. The number of carbonyl (C=O) groups is 1. The number of carbonyl (C=O) groups excluding carboxylic acids is 1. The minimum absolute atomic E-state index is 0.0427. The second-order valence-corrected chi connectivity index (χ2v) is 4.43. The van der Waals surface area contributed by atoms with Crippen molar-refractivity contribution in [1.29, 1.82) is 0 Å². The number of nitrogen functional groups attached to an aromatic ring is 1. The maximum atomic E-state index is 12.0. The second-order valence-electron chi connectivity index (χ2n) is 4.43. The number of hydrogen-bond acceptors (Lipinski definition) is 5. The van der Waals surface area contributed by atoms with Crippen molar-refractivity contribution in [2.45, 2.75) is 19.9 Å². The topological polar surface area (TPSA) is 80.3 Å². The summed E-state index contributed by atoms with van der Waals surface area (Å²) in [6.45, 7) is 4.61. The molecule has 18 heavy (non-hydrogen) atoms. The quantitative estimate of drug-likeness (QED) is 0.720. The van der Waals surface area contributed by atoms with Crippen molar-refractivity contribution < 1.29 is 4.79 Å². The minimum Gasteiger partial charge on any atom is -0.367 e. The van der Waals surface area contributed by atoms with Gasteiger partial charge < -0.3 is 15.5 Å². The number of anilines is 1. The molecule has 2 N–H and O–H groups in total. The molecule has 0 saturated carbocycles. The Morgan fingerprint density at radius 3 is 2.67 bits per heavy atom. The molecule has 0 saturated heterocycles. The molecule has 102 valence electrons. The first-order valence-electron chi connectivity index (χ1n) is 6.10. The predicted molar refractivity (Wildman–Crippen MR) is 69.9 cm³/mol. The van der Waals surface area contributed by atoms with Crippen molar-refractivity contribution in [3.8, 4) is 0 Å². The van der Waals surface area contributed by atoms with Crippen molar-refractivity contribution in [3.63, 3.8) is 0 Å². The molecule has 7 nitrogen and oxygen atoms in total. The normalized spacial score (nSPS) is 10.9. The van der Waals surface area contributed by atoms with Crippen LogP contribution in [-0.4, -0.2) is 64.2 Å². The van der Waals surface area contributed by atoms with Gasteiger partial charge in [0.1, 0.15) is 12.9 Å². The average Bonchev–Trinajstić information content (AvgIpc) is 2.69. The van der Waals surface area contributed by atoms with Crippen LogP contribution in [0.2, 0.25) is 0 Å². The summed E-state index contributed by atoms with van der Waals surface area (Å²) in [7, 11) is 4.05. The van der Waals surface area contributed by atoms with Crippen LogP contribution in [0.15, 0.2) is 6.33 Å². The van der Waals surface area contributed by atoms with E-state index in [0.717, 1.165) is 19.5 Å². The van der Waals surface area contributed by atoms with Crippen molar-refractivity contribution in [3.05, 3.63) is 6.33 Å². The van der Waals surface area contributed by atoms with Gasteiger partial charge in [-0.25, -0.2) is 9.67 Å². The summed E-state index contributed by atoms with van der Waals surface area (Å²) in [6, 6.07) is 0. The number of amides is 1. The summed E-state index contributed by atoms with van der Waals surface area (Å²) in [5.41, 5.74) is 5.40. The molecule has 0 atom stereocenters. The van der Waals surface area contributed by atoms with E-state index in [9.17, 15) is 4.79 Å². The van der Waals surface area contributed by atoms with Gasteiger partial charge >= 0.3 is 0 Å². The zero-order chi connectivity index (χ0) is 13.5. The second kappa shape index (κ2) is 6.95. The SMILES string of the molecule is CCN(CCCN(C)C)C(=O)Cn1cnc(N)n1. The van der Waals surface area contributed by atoms with E-state index in [1.165, 1.54) is 11.0 Å². The van der Waals surface area contributed by atoms with Crippen LogP contribution in [0.1, 0.15) is 13.3 Å².